The van der Waals surface area contributed by atoms with Crippen LogP contribution >= 0.6 is 0 Å². The summed E-state index contributed by atoms with van der Waals surface area (Å²) in [7, 11) is 0. The quantitative estimate of drug-likeness (QED) is 0.732. The number of carbonyl (C=O) groups is 1. The number of aromatic nitrogens is 2. The van der Waals surface area contributed by atoms with Crippen LogP contribution in [-0.4, -0.2) is 35.9 Å². The minimum Gasteiger partial charge on any atom is -0.490 e. The smallest absolute Gasteiger partial charge is 0.322 e. The van der Waals surface area contributed by atoms with E-state index in [9.17, 15) is 4.79 Å². The second-order valence-corrected chi connectivity index (χ2v) is 5.78. The Morgan fingerprint density at radius 2 is 1.69 bits per heavy atom. The van der Waals surface area contributed by atoms with Gasteiger partial charge in [-0.15, -0.1) is 5.10 Å². The van der Waals surface area contributed by atoms with Gasteiger partial charge in [-0.25, -0.2) is 0 Å². The minimum atomic E-state index is -0.0862. The van der Waals surface area contributed by atoms with Gasteiger partial charge >= 0.3 is 6.01 Å². The summed E-state index contributed by atoms with van der Waals surface area (Å²) in [6, 6.07) is 3.61. The summed E-state index contributed by atoms with van der Waals surface area (Å²) in [5.41, 5.74) is 0.625. The van der Waals surface area contributed by atoms with E-state index in [1.165, 1.54) is 0 Å². The van der Waals surface area contributed by atoms with Crippen LogP contribution in [0.4, 0.5) is 6.01 Å². The molecule has 1 aromatic heterocycles. The van der Waals surface area contributed by atoms with E-state index in [1.54, 1.807) is 12.1 Å². The molecule has 0 spiro atoms. The van der Waals surface area contributed by atoms with Crippen molar-refractivity contribution in [1.82, 2.24) is 10.2 Å². The Labute approximate surface area is 151 Å². The summed E-state index contributed by atoms with van der Waals surface area (Å²) in [4.78, 5) is 11.8. The van der Waals surface area contributed by atoms with Gasteiger partial charge in [0, 0.05) is 11.5 Å². The van der Waals surface area contributed by atoms with Crippen LogP contribution in [0.2, 0.25) is 0 Å². The molecule has 1 fully saturated rings. The number of carbonyl (C=O) groups excluding carboxylic acids is 1. The van der Waals surface area contributed by atoms with Crippen LogP contribution in [0.5, 0.6) is 17.2 Å². The van der Waals surface area contributed by atoms with E-state index in [-0.39, 0.29) is 23.7 Å². The molecule has 0 aliphatic heterocycles. The van der Waals surface area contributed by atoms with Crippen molar-refractivity contribution in [2.45, 2.75) is 33.6 Å². The number of hydrogen-bond acceptors (Lipinski definition) is 7. The Kier molecular flexibility index (Phi) is 5.60. The van der Waals surface area contributed by atoms with E-state index in [1.807, 2.05) is 20.8 Å². The van der Waals surface area contributed by atoms with Crippen molar-refractivity contribution >= 4 is 11.9 Å². The van der Waals surface area contributed by atoms with Crippen molar-refractivity contribution in [3.63, 3.8) is 0 Å². The molecule has 26 heavy (non-hydrogen) atoms. The Hall–Kier alpha value is -2.77. The number of amides is 1. The van der Waals surface area contributed by atoms with Crippen molar-refractivity contribution in [2.75, 3.05) is 25.1 Å². The van der Waals surface area contributed by atoms with E-state index < -0.39 is 0 Å². The lowest BCUT2D eigenvalue weighted by Gasteiger charge is -2.16. The molecule has 0 unspecified atom stereocenters. The number of nitrogens with zero attached hydrogens (tertiary/aromatic N) is 2. The van der Waals surface area contributed by atoms with Gasteiger partial charge < -0.3 is 18.6 Å². The predicted octanol–water partition coefficient (Wildman–Crippen LogP) is 3.28. The molecule has 1 aliphatic carbocycles. The van der Waals surface area contributed by atoms with Gasteiger partial charge in [0.2, 0.25) is 17.5 Å². The number of rotatable bonds is 9. The molecule has 1 aromatic carbocycles. The molecule has 1 N–H and O–H groups in total. The van der Waals surface area contributed by atoms with Gasteiger partial charge in [0.1, 0.15) is 0 Å². The maximum absolute atomic E-state index is 11.8. The largest absolute Gasteiger partial charge is 0.490 e. The molecule has 3 rings (SSSR count). The van der Waals surface area contributed by atoms with Crippen LogP contribution in [0.25, 0.3) is 11.5 Å². The maximum atomic E-state index is 11.8. The van der Waals surface area contributed by atoms with Crippen molar-refractivity contribution in [1.29, 1.82) is 0 Å². The van der Waals surface area contributed by atoms with E-state index in [0.717, 1.165) is 12.8 Å². The predicted molar refractivity (Wildman–Crippen MR) is 94.6 cm³/mol. The van der Waals surface area contributed by atoms with Crippen LogP contribution < -0.4 is 19.5 Å². The molecule has 1 amide bonds. The summed E-state index contributed by atoms with van der Waals surface area (Å²) >= 11 is 0. The normalized spacial score (nSPS) is 13.3. The highest BCUT2D eigenvalue weighted by molar-refractivity contribution is 5.92. The third-order valence-corrected chi connectivity index (χ3v) is 3.76. The minimum absolute atomic E-state index is 0.0601. The number of benzene rings is 1. The Bertz CT molecular complexity index is 743. The van der Waals surface area contributed by atoms with E-state index >= 15 is 0 Å². The first kappa shape index (κ1) is 18.0. The molecule has 1 aliphatic rings. The standard InChI is InChI=1S/C18H23N3O5/c1-4-23-13-9-12(10-14(24-5-2)15(13)25-6-3)17-20-21-18(26-17)19-16(22)11-7-8-11/h9-11H,4-8H2,1-3H3,(H,19,21,22). The summed E-state index contributed by atoms with van der Waals surface area (Å²) in [6.45, 7) is 7.11. The fraction of sp³-hybridized carbons (Fsp3) is 0.500. The van der Waals surface area contributed by atoms with Gasteiger partial charge in [-0.1, -0.05) is 5.10 Å². The number of anilines is 1. The lowest BCUT2D eigenvalue weighted by molar-refractivity contribution is -0.117. The third kappa shape index (κ3) is 4.07. The lowest BCUT2D eigenvalue weighted by Crippen LogP contribution is -2.13. The van der Waals surface area contributed by atoms with E-state index in [4.69, 9.17) is 18.6 Å². The number of hydrogen-bond donors (Lipinski definition) is 1. The van der Waals surface area contributed by atoms with Gasteiger partial charge in [0.15, 0.2) is 11.5 Å². The molecule has 0 atom stereocenters. The summed E-state index contributed by atoms with van der Waals surface area (Å²) < 4.78 is 22.6. The summed E-state index contributed by atoms with van der Waals surface area (Å²) in [5.74, 6) is 1.86. The molecule has 1 saturated carbocycles. The highest BCUT2D eigenvalue weighted by Gasteiger charge is 2.30. The van der Waals surface area contributed by atoms with Crippen LogP contribution in [0.3, 0.4) is 0 Å². The van der Waals surface area contributed by atoms with Gasteiger partial charge in [-0.2, -0.15) is 0 Å². The zero-order valence-corrected chi connectivity index (χ0v) is 15.2. The van der Waals surface area contributed by atoms with Crippen molar-refractivity contribution < 1.29 is 23.4 Å². The molecule has 140 valence electrons. The van der Waals surface area contributed by atoms with Crippen molar-refractivity contribution in [3.05, 3.63) is 12.1 Å². The molecule has 2 aromatic rings. The molecule has 1 heterocycles. The topological polar surface area (TPSA) is 95.7 Å². The first-order valence-electron chi connectivity index (χ1n) is 8.87. The Morgan fingerprint density at radius 1 is 1.08 bits per heavy atom. The molecular weight excluding hydrogens is 338 g/mol. The SMILES string of the molecule is CCOc1cc(-c2nnc(NC(=O)C3CC3)o2)cc(OCC)c1OCC. The van der Waals surface area contributed by atoms with E-state index in [0.29, 0.717) is 42.6 Å². The molecule has 8 heteroatoms. The van der Waals surface area contributed by atoms with Gasteiger partial charge in [0.05, 0.1) is 19.8 Å². The summed E-state index contributed by atoms with van der Waals surface area (Å²) in [5, 5.41) is 10.5. The fourth-order valence-corrected chi connectivity index (χ4v) is 2.46. The highest BCUT2D eigenvalue weighted by atomic mass is 16.5. The molecule has 0 saturated heterocycles. The zero-order chi connectivity index (χ0) is 18.5. The monoisotopic (exact) mass is 361 g/mol. The van der Waals surface area contributed by atoms with Crippen LogP contribution in [-0.2, 0) is 4.79 Å². The average Bonchev–Trinajstić information content (AvgIpc) is 3.38. The number of ether oxygens (including phenoxy) is 3. The Morgan fingerprint density at radius 3 is 2.23 bits per heavy atom. The second-order valence-electron chi connectivity index (χ2n) is 5.78. The lowest BCUT2D eigenvalue weighted by atomic mass is 10.2. The van der Waals surface area contributed by atoms with Gasteiger partial charge in [-0.3, -0.25) is 10.1 Å². The molecule has 0 bridgehead atoms. The zero-order valence-electron chi connectivity index (χ0n) is 15.2. The maximum Gasteiger partial charge on any atom is 0.322 e. The van der Waals surface area contributed by atoms with Crippen LogP contribution in [0, 0.1) is 5.92 Å². The highest BCUT2D eigenvalue weighted by Crippen LogP contribution is 2.42. The molecular formula is C18H23N3O5. The third-order valence-electron chi connectivity index (χ3n) is 3.76. The first-order chi connectivity index (χ1) is 12.7. The van der Waals surface area contributed by atoms with Crippen LogP contribution in [0.15, 0.2) is 16.5 Å². The first-order valence-corrected chi connectivity index (χ1v) is 8.87. The van der Waals surface area contributed by atoms with Crippen molar-refractivity contribution in [3.8, 4) is 28.7 Å². The molecule has 0 radical (unpaired) electrons. The second kappa shape index (κ2) is 8.07. The number of nitrogens with one attached hydrogen (secondary N) is 1. The van der Waals surface area contributed by atoms with E-state index in [2.05, 4.69) is 15.5 Å². The average molecular weight is 361 g/mol. The van der Waals surface area contributed by atoms with Crippen LogP contribution in [0.1, 0.15) is 33.6 Å². The van der Waals surface area contributed by atoms with Gasteiger partial charge in [0.25, 0.3) is 0 Å². The fourth-order valence-electron chi connectivity index (χ4n) is 2.46. The van der Waals surface area contributed by atoms with Crippen molar-refractivity contribution in [2.24, 2.45) is 5.92 Å². The Balaban J connectivity index is 1.90. The van der Waals surface area contributed by atoms with Gasteiger partial charge in [-0.05, 0) is 45.7 Å². The summed E-state index contributed by atoms with van der Waals surface area (Å²) in [6.07, 6.45) is 1.81. The molecule has 8 nitrogen and oxygen atoms in total.